The van der Waals surface area contributed by atoms with Crippen LogP contribution < -0.4 is 5.32 Å². The molecule has 0 fully saturated rings. The van der Waals surface area contributed by atoms with Gasteiger partial charge in [-0.05, 0) is 18.2 Å². The Hall–Kier alpha value is -2.51. The lowest BCUT2D eigenvalue weighted by Gasteiger charge is -2.10. The SMILES string of the molecule is O=C(Nc1cccc(-c2cc(-c3ccccc3C(F)(F)F)no2)c1)C(Cl)Cl. The number of halogens is 5. The van der Waals surface area contributed by atoms with Crippen LogP contribution in [0.3, 0.4) is 0 Å². The number of hydrogen-bond donors (Lipinski definition) is 1. The number of nitrogens with one attached hydrogen (secondary N) is 1. The van der Waals surface area contributed by atoms with Crippen molar-refractivity contribution in [3.63, 3.8) is 0 Å². The van der Waals surface area contributed by atoms with Crippen molar-refractivity contribution < 1.29 is 22.5 Å². The fraction of sp³-hybridized carbons (Fsp3) is 0.111. The van der Waals surface area contributed by atoms with E-state index in [9.17, 15) is 18.0 Å². The van der Waals surface area contributed by atoms with Gasteiger partial charge in [0, 0.05) is 22.9 Å². The summed E-state index contributed by atoms with van der Waals surface area (Å²) in [5, 5.41) is 6.26. The summed E-state index contributed by atoms with van der Waals surface area (Å²) in [6.07, 6.45) is -4.51. The molecule has 1 heterocycles. The summed E-state index contributed by atoms with van der Waals surface area (Å²) in [7, 11) is 0. The van der Waals surface area contributed by atoms with Crippen molar-refractivity contribution in [1.82, 2.24) is 5.16 Å². The lowest BCUT2D eigenvalue weighted by atomic mass is 10.0. The molecule has 3 rings (SSSR count). The van der Waals surface area contributed by atoms with Gasteiger partial charge in [0.15, 0.2) is 10.6 Å². The molecule has 1 amide bonds. The van der Waals surface area contributed by atoms with Gasteiger partial charge in [-0.2, -0.15) is 13.2 Å². The molecule has 0 aliphatic carbocycles. The molecule has 9 heteroatoms. The second-order valence-electron chi connectivity index (χ2n) is 5.49. The minimum Gasteiger partial charge on any atom is -0.356 e. The van der Waals surface area contributed by atoms with Gasteiger partial charge in [0.1, 0.15) is 5.69 Å². The van der Waals surface area contributed by atoms with E-state index in [1.54, 1.807) is 24.3 Å². The molecule has 2 aromatic carbocycles. The standard InChI is InChI=1S/C18H11Cl2F3N2O2/c19-16(20)17(26)24-11-5-3-4-10(8-11)15-9-14(25-27-15)12-6-1-2-7-13(12)18(21,22)23/h1-9,16H,(H,24,26). The second-order valence-corrected chi connectivity index (χ2v) is 6.59. The van der Waals surface area contributed by atoms with Crippen LogP contribution in [0.2, 0.25) is 0 Å². The van der Waals surface area contributed by atoms with Crippen LogP contribution in [0.1, 0.15) is 5.56 Å². The normalized spacial score (nSPS) is 11.6. The van der Waals surface area contributed by atoms with Gasteiger partial charge >= 0.3 is 6.18 Å². The summed E-state index contributed by atoms with van der Waals surface area (Å²) in [6, 6.07) is 13.0. The van der Waals surface area contributed by atoms with Gasteiger partial charge in [-0.15, -0.1) is 0 Å². The summed E-state index contributed by atoms with van der Waals surface area (Å²) in [5.41, 5.74) is 0.0702. The fourth-order valence-electron chi connectivity index (χ4n) is 2.44. The quantitative estimate of drug-likeness (QED) is 0.551. The maximum atomic E-state index is 13.2. The first-order valence-electron chi connectivity index (χ1n) is 7.58. The number of hydrogen-bond acceptors (Lipinski definition) is 3. The predicted octanol–water partition coefficient (Wildman–Crippen LogP) is 5.77. The van der Waals surface area contributed by atoms with Crippen LogP contribution in [0.5, 0.6) is 0 Å². The van der Waals surface area contributed by atoms with E-state index in [1.807, 2.05) is 0 Å². The largest absolute Gasteiger partial charge is 0.417 e. The monoisotopic (exact) mass is 414 g/mol. The predicted molar refractivity (Wildman–Crippen MR) is 96.5 cm³/mol. The molecule has 0 bridgehead atoms. The number of nitrogens with zero attached hydrogens (tertiary/aromatic N) is 1. The lowest BCUT2D eigenvalue weighted by Crippen LogP contribution is -2.18. The zero-order chi connectivity index (χ0) is 19.6. The van der Waals surface area contributed by atoms with Crippen LogP contribution in [-0.4, -0.2) is 15.9 Å². The van der Waals surface area contributed by atoms with Gasteiger partial charge in [-0.3, -0.25) is 4.79 Å². The van der Waals surface area contributed by atoms with Gasteiger partial charge in [-0.25, -0.2) is 0 Å². The number of aromatic nitrogens is 1. The molecule has 0 aliphatic rings. The maximum Gasteiger partial charge on any atom is 0.417 e. The van der Waals surface area contributed by atoms with Gasteiger partial charge in [0.05, 0.1) is 5.56 Å². The van der Waals surface area contributed by atoms with Gasteiger partial charge < -0.3 is 9.84 Å². The maximum absolute atomic E-state index is 13.2. The average Bonchev–Trinajstić information content (AvgIpc) is 3.11. The van der Waals surface area contributed by atoms with Crippen molar-refractivity contribution in [3.8, 4) is 22.6 Å². The number of carbonyl (C=O) groups excluding carboxylic acids is 1. The highest BCUT2D eigenvalue weighted by atomic mass is 35.5. The molecule has 0 radical (unpaired) electrons. The molecule has 27 heavy (non-hydrogen) atoms. The fourth-order valence-corrected chi connectivity index (χ4v) is 2.55. The highest BCUT2D eigenvalue weighted by molar-refractivity contribution is 6.54. The van der Waals surface area contributed by atoms with Crippen molar-refractivity contribution in [2.24, 2.45) is 0 Å². The summed E-state index contributed by atoms with van der Waals surface area (Å²) >= 11 is 11.0. The van der Waals surface area contributed by atoms with Crippen molar-refractivity contribution >= 4 is 34.8 Å². The van der Waals surface area contributed by atoms with E-state index in [1.165, 1.54) is 24.3 Å². The molecule has 0 spiro atoms. The third-order valence-electron chi connectivity index (χ3n) is 3.63. The minimum atomic E-state index is -4.51. The Morgan fingerprint density at radius 2 is 1.81 bits per heavy atom. The number of carbonyl (C=O) groups is 1. The number of rotatable bonds is 4. The zero-order valence-corrected chi connectivity index (χ0v) is 14.9. The molecule has 0 saturated carbocycles. The van der Waals surface area contributed by atoms with Crippen molar-refractivity contribution in [2.75, 3.05) is 5.32 Å². The van der Waals surface area contributed by atoms with Gasteiger partial charge in [-0.1, -0.05) is 58.7 Å². The summed E-state index contributed by atoms with van der Waals surface area (Å²) in [6.45, 7) is 0. The number of anilines is 1. The van der Waals surface area contributed by atoms with Crippen LogP contribution in [0.15, 0.2) is 59.1 Å². The minimum absolute atomic E-state index is 0.0499. The molecule has 4 nitrogen and oxygen atoms in total. The number of alkyl halides is 5. The third-order valence-corrected chi connectivity index (χ3v) is 4.03. The summed E-state index contributed by atoms with van der Waals surface area (Å²) in [4.78, 5) is 10.3. The molecule has 1 N–H and O–H groups in total. The molecular formula is C18H11Cl2F3N2O2. The molecule has 0 unspecified atom stereocenters. The van der Waals surface area contributed by atoms with E-state index < -0.39 is 22.5 Å². The molecular weight excluding hydrogens is 404 g/mol. The highest BCUT2D eigenvalue weighted by Gasteiger charge is 2.34. The van der Waals surface area contributed by atoms with Gasteiger partial charge in [0.2, 0.25) is 0 Å². The lowest BCUT2D eigenvalue weighted by molar-refractivity contribution is -0.137. The number of amides is 1. The summed E-state index contributed by atoms with van der Waals surface area (Å²) in [5.74, 6) is -0.362. The first kappa shape index (κ1) is 19.3. The molecule has 140 valence electrons. The van der Waals surface area contributed by atoms with Crippen LogP contribution >= 0.6 is 23.2 Å². The van der Waals surface area contributed by atoms with Crippen molar-refractivity contribution in [2.45, 2.75) is 11.0 Å². The Balaban J connectivity index is 1.93. The molecule has 3 aromatic rings. The van der Waals surface area contributed by atoms with Crippen LogP contribution in [0, 0.1) is 0 Å². The molecule has 0 aliphatic heterocycles. The van der Waals surface area contributed by atoms with Crippen LogP contribution in [0.25, 0.3) is 22.6 Å². The van der Waals surface area contributed by atoms with E-state index in [0.29, 0.717) is 11.3 Å². The summed E-state index contributed by atoms with van der Waals surface area (Å²) < 4.78 is 44.7. The molecule has 0 atom stereocenters. The van der Waals surface area contributed by atoms with E-state index in [2.05, 4.69) is 10.5 Å². The van der Waals surface area contributed by atoms with E-state index in [4.69, 9.17) is 27.7 Å². The first-order chi connectivity index (χ1) is 12.8. The topological polar surface area (TPSA) is 55.1 Å². The Morgan fingerprint density at radius 3 is 2.52 bits per heavy atom. The van der Waals surface area contributed by atoms with Crippen molar-refractivity contribution in [1.29, 1.82) is 0 Å². The second kappa shape index (κ2) is 7.62. The Labute approximate surface area is 161 Å². The van der Waals surface area contributed by atoms with Crippen LogP contribution in [0.4, 0.5) is 18.9 Å². The number of benzene rings is 2. The zero-order valence-electron chi connectivity index (χ0n) is 13.4. The Morgan fingerprint density at radius 1 is 1.07 bits per heavy atom. The van der Waals surface area contributed by atoms with E-state index in [0.717, 1.165) is 6.07 Å². The smallest absolute Gasteiger partial charge is 0.356 e. The Bertz CT molecular complexity index is 971. The Kier molecular flexibility index (Phi) is 5.43. The van der Waals surface area contributed by atoms with E-state index in [-0.39, 0.29) is 17.0 Å². The molecule has 0 saturated heterocycles. The first-order valence-corrected chi connectivity index (χ1v) is 8.46. The average molecular weight is 415 g/mol. The van der Waals surface area contributed by atoms with Crippen molar-refractivity contribution in [3.05, 3.63) is 60.2 Å². The highest BCUT2D eigenvalue weighted by Crippen LogP contribution is 2.37. The third kappa shape index (κ3) is 4.43. The van der Waals surface area contributed by atoms with Crippen LogP contribution in [-0.2, 0) is 11.0 Å². The van der Waals surface area contributed by atoms with Gasteiger partial charge in [0.25, 0.3) is 5.91 Å². The molecule has 1 aromatic heterocycles. The van der Waals surface area contributed by atoms with E-state index >= 15 is 0 Å².